The first-order chi connectivity index (χ1) is 16.0. The summed E-state index contributed by atoms with van der Waals surface area (Å²) >= 11 is 0. The first kappa shape index (κ1) is 20.4. The molecule has 3 aromatic heterocycles. The predicted molar refractivity (Wildman–Crippen MR) is 119 cm³/mol. The smallest absolute Gasteiger partial charge is 0.135 e. The molecule has 1 saturated heterocycles. The van der Waals surface area contributed by atoms with Crippen molar-refractivity contribution in [3.05, 3.63) is 71.4 Å². The molecule has 1 aliphatic carbocycles. The summed E-state index contributed by atoms with van der Waals surface area (Å²) in [7, 11) is 0. The van der Waals surface area contributed by atoms with E-state index < -0.39 is 11.6 Å². The highest BCUT2D eigenvalue weighted by molar-refractivity contribution is 5.89. The number of rotatable bonds is 4. The summed E-state index contributed by atoms with van der Waals surface area (Å²) in [5.41, 5.74) is 4.43. The Kier molecular flexibility index (Phi) is 4.90. The lowest BCUT2D eigenvalue weighted by Crippen LogP contribution is -2.19. The fraction of sp³-hybridized carbons (Fsp3) is 0.360. The number of ether oxygens (including phenoxy) is 1. The van der Waals surface area contributed by atoms with Gasteiger partial charge in [0.05, 0.1) is 29.6 Å². The summed E-state index contributed by atoms with van der Waals surface area (Å²) in [6, 6.07) is 5.99. The average Bonchev–Trinajstić information content (AvgIpc) is 3.54. The highest BCUT2D eigenvalue weighted by Gasteiger charge is 2.30. The molecule has 2 fully saturated rings. The second kappa shape index (κ2) is 7.95. The molecule has 1 aromatic carbocycles. The summed E-state index contributed by atoms with van der Waals surface area (Å²) in [6.45, 7) is 2.47. The third-order valence-electron chi connectivity index (χ3n) is 6.47. The molecule has 1 aliphatic heterocycles. The van der Waals surface area contributed by atoms with Crippen molar-refractivity contribution in [3.8, 4) is 11.3 Å². The van der Waals surface area contributed by atoms with Crippen molar-refractivity contribution in [3.63, 3.8) is 0 Å². The van der Waals surface area contributed by atoms with Gasteiger partial charge in [-0.25, -0.2) is 18.7 Å². The van der Waals surface area contributed by atoms with Crippen LogP contribution in [0.25, 0.3) is 22.3 Å². The first-order valence-electron chi connectivity index (χ1n) is 11.3. The molecule has 0 unspecified atom stereocenters. The van der Waals surface area contributed by atoms with E-state index >= 15 is 0 Å². The highest BCUT2D eigenvalue weighted by Crippen LogP contribution is 2.40. The van der Waals surface area contributed by atoms with Crippen LogP contribution in [-0.4, -0.2) is 31.3 Å². The molecular formula is C25H23F2N5O. The lowest BCUT2D eigenvalue weighted by Gasteiger charge is -2.29. The number of fused-ring (bicyclic) bond motifs is 1. The molecule has 0 radical (unpaired) electrons. The summed E-state index contributed by atoms with van der Waals surface area (Å²) in [6.07, 6.45) is 9.47. The lowest BCUT2D eigenvalue weighted by molar-refractivity contribution is 0.00462. The summed E-state index contributed by atoms with van der Waals surface area (Å²) in [4.78, 5) is 13.9. The van der Waals surface area contributed by atoms with Crippen LogP contribution < -0.4 is 0 Å². The Morgan fingerprint density at radius 1 is 1.06 bits per heavy atom. The molecule has 33 heavy (non-hydrogen) atoms. The lowest BCUT2D eigenvalue weighted by atomic mass is 9.89. The molecule has 6 nitrogen and oxygen atoms in total. The van der Waals surface area contributed by atoms with Gasteiger partial charge in [0.2, 0.25) is 0 Å². The van der Waals surface area contributed by atoms with Gasteiger partial charge >= 0.3 is 0 Å². The van der Waals surface area contributed by atoms with Crippen LogP contribution in [0.4, 0.5) is 8.78 Å². The number of hydrogen-bond donors (Lipinski definition) is 0. The maximum absolute atomic E-state index is 14.7. The van der Waals surface area contributed by atoms with Crippen molar-refractivity contribution in [2.24, 2.45) is 0 Å². The van der Waals surface area contributed by atoms with Crippen molar-refractivity contribution in [2.45, 2.75) is 50.7 Å². The quantitative estimate of drug-likeness (QED) is 0.417. The molecule has 0 bridgehead atoms. The molecule has 4 heterocycles. The van der Waals surface area contributed by atoms with Crippen LogP contribution in [-0.2, 0) is 4.74 Å². The van der Waals surface area contributed by atoms with Gasteiger partial charge in [0, 0.05) is 47.8 Å². The number of aryl methyl sites for hydroxylation is 1. The van der Waals surface area contributed by atoms with Gasteiger partial charge in [0.25, 0.3) is 0 Å². The average molecular weight is 447 g/mol. The molecule has 4 aromatic rings. The molecule has 0 N–H and O–H groups in total. The van der Waals surface area contributed by atoms with Crippen LogP contribution in [0.3, 0.4) is 0 Å². The van der Waals surface area contributed by atoms with Gasteiger partial charge in [-0.05, 0) is 50.8 Å². The molecule has 2 atom stereocenters. The first-order valence-corrected chi connectivity index (χ1v) is 11.3. The number of halogens is 2. The normalized spacial score (nSPS) is 20.9. The Bertz CT molecular complexity index is 1350. The Hall–Kier alpha value is -3.26. The molecular weight excluding hydrogens is 424 g/mol. The number of nitrogens with zero attached hydrogens (tertiary/aromatic N) is 5. The second-order valence-corrected chi connectivity index (χ2v) is 8.96. The molecule has 168 valence electrons. The fourth-order valence-electron chi connectivity index (χ4n) is 4.57. The van der Waals surface area contributed by atoms with E-state index in [1.807, 2.05) is 23.9 Å². The van der Waals surface area contributed by atoms with Gasteiger partial charge < -0.3 is 4.74 Å². The van der Waals surface area contributed by atoms with E-state index in [0.29, 0.717) is 29.4 Å². The molecule has 0 spiro atoms. The van der Waals surface area contributed by atoms with Crippen LogP contribution >= 0.6 is 0 Å². The summed E-state index contributed by atoms with van der Waals surface area (Å²) in [5, 5.41) is 4.50. The third-order valence-corrected chi connectivity index (χ3v) is 6.47. The van der Waals surface area contributed by atoms with Gasteiger partial charge in [-0.1, -0.05) is 0 Å². The maximum Gasteiger partial charge on any atom is 0.135 e. The molecule has 8 heteroatoms. The highest BCUT2D eigenvalue weighted by atomic mass is 19.1. The molecule has 0 amide bonds. The Balaban J connectivity index is 1.39. The number of aromatic nitrogens is 5. The van der Waals surface area contributed by atoms with Crippen LogP contribution in [0.15, 0.2) is 42.9 Å². The van der Waals surface area contributed by atoms with Crippen molar-refractivity contribution < 1.29 is 13.5 Å². The van der Waals surface area contributed by atoms with E-state index in [2.05, 4.69) is 21.3 Å². The fourth-order valence-corrected chi connectivity index (χ4v) is 4.57. The van der Waals surface area contributed by atoms with Crippen molar-refractivity contribution in [1.82, 2.24) is 24.7 Å². The van der Waals surface area contributed by atoms with Crippen molar-refractivity contribution >= 4 is 11.0 Å². The van der Waals surface area contributed by atoms with Crippen molar-refractivity contribution in [2.75, 3.05) is 6.61 Å². The minimum atomic E-state index is -0.666. The minimum absolute atomic E-state index is 0.0663. The van der Waals surface area contributed by atoms with Gasteiger partial charge in [0.1, 0.15) is 22.8 Å². The predicted octanol–water partition coefficient (Wildman–Crippen LogP) is 5.45. The van der Waals surface area contributed by atoms with Crippen LogP contribution in [0, 0.1) is 18.6 Å². The molecule has 1 saturated carbocycles. The second-order valence-electron chi connectivity index (χ2n) is 8.96. The van der Waals surface area contributed by atoms with Crippen molar-refractivity contribution in [1.29, 1.82) is 0 Å². The number of benzene rings is 1. The van der Waals surface area contributed by atoms with E-state index in [-0.39, 0.29) is 17.6 Å². The zero-order chi connectivity index (χ0) is 22.5. The number of pyridine rings is 1. The van der Waals surface area contributed by atoms with Gasteiger partial charge in [-0.3, -0.25) is 9.67 Å². The van der Waals surface area contributed by atoms with E-state index in [4.69, 9.17) is 9.72 Å². The monoisotopic (exact) mass is 447 g/mol. The summed E-state index contributed by atoms with van der Waals surface area (Å²) in [5.74, 6) is -1.18. The van der Waals surface area contributed by atoms with Crippen LogP contribution in [0.1, 0.15) is 60.7 Å². The van der Waals surface area contributed by atoms with Gasteiger partial charge in [0.15, 0.2) is 0 Å². The van der Waals surface area contributed by atoms with Gasteiger partial charge in [-0.2, -0.15) is 5.10 Å². The SMILES string of the molecule is Cc1cnc2c(-c3ccc(F)cc3F)nc([C@H]3CCO[C@H](c4cnn(C5CC5)c4)C3)cc2n1. The van der Waals surface area contributed by atoms with Crippen LogP contribution in [0.5, 0.6) is 0 Å². The Labute approximate surface area is 189 Å². The zero-order valence-electron chi connectivity index (χ0n) is 18.2. The number of hydrogen-bond acceptors (Lipinski definition) is 5. The van der Waals surface area contributed by atoms with Crippen LogP contribution in [0.2, 0.25) is 0 Å². The maximum atomic E-state index is 14.7. The van der Waals surface area contributed by atoms with E-state index in [1.54, 1.807) is 6.20 Å². The minimum Gasteiger partial charge on any atom is -0.373 e. The van der Waals surface area contributed by atoms with E-state index in [9.17, 15) is 8.78 Å². The van der Waals surface area contributed by atoms with E-state index in [1.165, 1.54) is 25.0 Å². The van der Waals surface area contributed by atoms with Gasteiger partial charge in [-0.15, -0.1) is 0 Å². The van der Waals surface area contributed by atoms with E-state index in [0.717, 1.165) is 35.9 Å². The Morgan fingerprint density at radius 2 is 1.94 bits per heavy atom. The zero-order valence-corrected chi connectivity index (χ0v) is 18.2. The Morgan fingerprint density at radius 3 is 2.76 bits per heavy atom. The standard InChI is InChI=1S/C25H23F2N5O/c1-14-11-28-25-22(30-14)10-21(31-24(25)19-5-2-17(26)9-20(19)27)15-6-7-33-23(8-15)16-12-29-32(13-16)18-3-4-18/h2,5,9-13,15,18,23H,3-4,6-8H2,1H3/t15-,23-/m0/s1. The third kappa shape index (κ3) is 3.88. The summed E-state index contributed by atoms with van der Waals surface area (Å²) < 4.78 is 36.4. The molecule has 6 rings (SSSR count). The molecule has 2 aliphatic rings. The topological polar surface area (TPSA) is 65.7 Å². The largest absolute Gasteiger partial charge is 0.373 e.